The Kier molecular flexibility index (Phi) is 4.19. The van der Waals surface area contributed by atoms with Gasteiger partial charge in [-0.15, -0.1) is 0 Å². The van der Waals surface area contributed by atoms with Crippen LogP contribution in [0.15, 0.2) is 22.8 Å². The predicted octanol–water partition coefficient (Wildman–Crippen LogP) is 1.90. The maximum Gasteiger partial charge on any atom is 0.245 e. The molecule has 5 nitrogen and oxygen atoms in total. The Balaban J connectivity index is 1.83. The molecule has 1 aromatic heterocycles. The highest BCUT2D eigenvalue weighted by Gasteiger charge is 2.40. The molecule has 1 aliphatic rings. The lowest BCUT2D eigenvalue weighted by Crippen LogP contribution is -2.36. The van der Waals surface area contributed by atoms with E-state index < -0.39 is 0 Å². The van der Waals surface area contributed by atoms with E-state index >= 15 is 0 Å². The first-order chi connectivity index (χ1) is 8.97. The zero-order chi connectivity index (χ0) is 14.0. The van der Waals surface area contributed by atoms with Crippen molar-refractivity contribution in [3.63, 3.8) is 0 Å². The number of likely N-dealkylation sites (N-methyl/N-ethyl adjacent to an activating group) is 1. The Morgan fingerprint density at radius 3 is 2.74 bits per heavy atom. The van der Waals surface area contributed by atoms with Crippen LogP contribution in [0.25, 0.3) is 0 Å². The van der Waals surface area contributed by atoms with Crippen LogP contribution in [-0.4, -0.2) is 35.3 Å². The maximum absolute atomic E-state index is 11.9. The standard InChI is InChI=1S/C13H16BrN3O2/c1-8-5-10(8)13(19)17(2)7-12(18)16-11-4-3-9(14)6-15-11/h3-4,6,8,10H,5,7H2,1-2H3,(H,15,16,18). The first kappa shape index (κ1) is 14.0. The summed E-state index contributed by atoms with van der Waals surface area (Å²) in [6.45, 7) is 2.10. The van der Waals surface area contributed by atoms with Gasteiger partial charge in [0.1, 0.15) is 5.82 Å². The van der Waals surface area contributed by atoms with Crippen LogP contribution in [0.2, 0.25) is 0 Å². The summed E-state index contributed by atoms with van der Waals surface area (Å²) in [5, 5.41) is 2.66. The zero-order valence-corrected chi connectivity index (χ0v) is 12.5. The van der Waals surface area contributed by atoms with Gasteiger partial charge in [0, 0.05) is 23.6 Å². The number of nitrogens with zero attached hydrogens (tertiary/aromatic N) is 2. The molecule has 2 rings (SSSR count). The van der Waals surface area contributed by atoms with Gasteiger partial charge in [0.05, 0.1) is 6.54 Å². The van der Waals surface area contributed by atoms with Crippen LogP contribution >= 0.6 is 15.9 Å². The summed E-state index contributed by atoms with van der Waals surface area (Å²) in [6, 6.07) is 3.50. The van der Waals surface area contributed by atoms with Crippen molar-refractivity contribution in [1.82, 2.24) is 9.88 Å². The van der Waals surface area contributed by atoms with E-state index in [1.807, 2.05) is 6.92 Å². The SMILES string of the molecule is CC1CC1C(=O)N(C)CC(=O)Nc1ccc(Br)cn1. The molecule has 2 amide bonds. The number of halogens is 1. The topological polar surface area (TPSA) is 62.3 Å². The summed E-state index contributed by atoms with van der Waals surface area (Å²) < 4.78 is 0.848. The van der Waals surface area contributed by atoms with Gasteiger partial charge in [-0.3, -0.25) is 9.59 Å². The third-order valence-electron chi connectivity index (χ3n) is 3.18. The summed E-state index contributed by atoms with van der Waals surface area (Å²) in [4.78, 5) is 29.2. The molecule has 2 unspecified atom stereocenters. The zero-order valence-electron chi connectivity index (χ0n) is 10.9. The normalized spacial score (nSPS) is 20.8. The first-order valence-corrected chi connectivity index (χ1v) is 6.93. The van der Waals surface area contributed by atoms with E-state index in [2.05, 4.69) is 26.2 Å². The smallest absolute Gasteiger partial charge is 0.245 e. The van der Waals surface area contributed by atoms with Crippen molar-refractivity contribution in [3.05, 3.63) is 22.8 Å². The van der Waals surface area contributed by atoms with Crippen molar-refractivity contribution < 1.29 is 9.59 Å². The molecule has 1 N–H and O–H groups in total. The van der Waals surface area contributed by atoms with E-state index in [0.29, 0.717) is 11.7 Å². The molecule has 2 atom stereocenters. The molecule has 6 heteroatoms. The quantitative estimate of drug-likeness (QED) is 0.919. The number of pyridine rings is 1. The predicted molar refractivity (Wildman–Crippen MR) is 75.5 cm³/mol. The van der Waals surface area contributed by atoms with Gasteiger partial charge in [0.25, 0.3) is 0 Å². The second-order valence-electron chi connectivity index (χ2n) is 4.92. The molecule has 0 radical (unpaired) electrons. The lowest BCUT2D eigenvalue weighted by Gasteiger charge is -2.16. The summed E-state index contributed by atoms with van der Waals surface area (Å²) in [7, 11) is 1.65. The molecule has 19 heavy (non-hydrogen) atoms. The molecule has 0 aromatic carbocycles. The van der Waals surface area contributed by atoms with Crippen LogP contribution < -0.4 is 5.32 Å². The third kappa shape index (κ3) is 3.76. The average Bonchev–Trinajstić information content (AvgIpc) is 3.08. The number of rotatable bonds is 4. The summed E-state index contributed by atoms with van der Waals surface area (Å²) >= 11 is 3.27. The highest BCUT2D eigenvalue weighted by molar-refractivity contribution is 9.10. The Morgan fingerprint density at radius 1 is 1.53 bits per heavy atom. The van der Waals surface area contributed by atoms with Gasteiger partial charge in [-0.2, -0.15) is 0 Å². The minimum Gasteiger partial charge on any atom is -0.336 e. The van der Waals surface area contributed by atoms with E-state index in [9.17, 15) is 9.59 Å². The lowest BCUT2D eigenvalue weighted by molar-refractivity contribution is -0.134. The number of hydrogen-bond acceptors (Lipinski definition) is 3. The van der Waals surface area contributed by atoms with E-state index in [1.54, 1.807) is 25.4 Å². The monoisotopic (exact) mass is 325 g/mol. The highest BCUT2D eigenvalue weighted by atomic mass is 79.9. The van der Waals surface area contributed by atoms with Crippen molar-refractivity contribution in [2.75, 3.05) is 18.9 Å². The van der Waals surface area contributed by atoms with Crippen LogP contribution in [0, 0.1) is 11.8 Å². The van der Waals surface area contributed by atoms with E-state index in [0.717, 1.165) is 10.9 Å². The molecular weight excluding hydrogens is 310 g/mol. The number of amides is 2. The molecule has 0 bridgehead atoms. The Labute approximate surface area is 120 Å². The Bertz CT molecular complexity index is 489. The van der Waals surface area contributed by atoms with Crippen molar-refractivity contribution in [2.45, 2.75) is 13.3 Å². The van der Waals surface area contributed by atoms with Crippen molar-refractivity contribution in [2.24, 2.45) is 11.8 Å². The van der Waals surface area contributed by atoms with Crippen molar-refractivity contribution in [1.29, 1.82) is 0 Å². The number of carbonyl (C=O) groups is 2. The van der Waals surface area contributed by atoms with Gasteiger partial charge >= 0.3 is 0 Å². The highest BCUT2D eigenvalue weighted by Crippen LogP contribution is 2.38. The molecule has 0 saturated heterocycles. The van der Waals surface area contributed by atoms with E-state index in [-0.39, 0.29) is 24.3 Å². The molecule has 1 fully saturated rings. The van der Waals surface area contributed by atoms with Gasteiger partial charge in [-0.05, 0) is 40.4 Å². The maximum atomic E-state index is 11.9. The molecule has 0 spiro atoms. The van der Waals surface area contributed by atoms with Crippen molar-refractivity contribution in [3.8, 4) is 0 Å². The van der Waals surface area contributed by atoms with Crippen LogP contribution in [0.3, 0.4) is 0 Å². The second kappa shape index (κ2) is 5.69. The van der Waals surface area contributed by atoms with Gasteiger partial charge in [0.2, 0.25) is 11.8 Å². The molecule has 1 heterocycles. The van der Waals surface area contributed by atoms with Gasteiger partial charge < -0.3 is 10.2 Å². The number of anilines is 1. The Hall–Kier alpha value is -1.43. The number of nitrogens with one attached hydrogen (secondary N) is 1. The largest absolute Gasteiger partial charge is 0.336 e. The molecule has 0 aliphatic heterocycles. The number of aromatic nitrogens is 1. The first-order valence-electron chi connectivity index (χ1n) is 6.13. The van der Waals surface area contributed by atoms with Crippen LogP contribution in [0.1, 0.15) is 13.3 Å². The minimum absolute atomic E-state index is 0.0476. The van der Waals surface area contributed by atoms with Gasteiger partial charge in [0.15, 0.2) is 0 Å². The summed E-state index contributed by atoms with van der Waals surface area (Å²) in [6.07, 6.45) is 2.54. The van der Waals surface area contributed by atoms with Crippen LogP contribution in [0.4, 0.5) is 5.82 Å². The Morgan fingerprint density at radius 2 is 2.21 bits per heavy atom. The fourth-order valence-corrected chi connectivity index (χ4v) is 2.11. The van der Waals surface area contributed by atoms with Crippen LogP contribution in [-0.2, 0) is 9.59 Å². The van der Waals surface area contributed by atoms with Gasteiger partial charge in [-0.25, -0.2) is 4.98 Å². The van der Waals surface area contributed by atoms with E-state index in [1.165, 1.54) is 4.90 Å². The summed E-state index contributed by atoms with van der Waals surface area (Å²) in [5.41, 5.74) is 0. The second-order valence-corrected chi connectivity index (χ2v) is 5.84. The van der Waals surface area contributed by atoms with Gasteiger partial charge in [-0.1, -0.05) is 6.92 Å². The number of hydrogen-bond donors (Lipinski definition) is 1. The molecular formula is C13H16BrN3O2. The fourth-order valence-electron chi connectivity index (χ4n) is 1.87. The van der Waals surface area contributed by atoms with Crippen molar-refractivity contribution >= 4 is 33.6 Å². The lowest BCUT2D eigenvalue weighted by atomic mass is 10.3. The van der Waals surface area contributed by atoms with Crippen LogP contribution in [0.5, 0.6) is 0 Å². The average molecular weight is 326 g/mol. The summed E-state index contributed by atoms with van der Waals surface area (Å²) in [5.74, 6) is 0.842. The molecule has 1 aromatic rings. The number of carbonyl (C=O) groups excluding carboxylic acids is 2. The minimum atomic E-state index is -0.237. The third-order valence-corrected chi connectivity index (χ3v) is 3.65. The fraction of sp³-hybridized carbons (Fsp3) is 0.462. The molecule has 1 saturated carbocycles. The molecule has 102 valence electrons. The molecule has 1 aliphatic carbocycles. The van der Waals surface area contributed by atoms with E-state index in [4.69, 9.17) is 0 Å².